The van der Waals surface area contributed by atoms with Gasteiger partial charge in [0.1, 0.15) is 0 Å². The summed E-state index contributed by atoms with van der Waals surface area (Å²) in [7, 11) is 0. The van der Waals surface area contributed by atoms with E-state index in [0.29, 0.717) is 5.92 Å². The fourth-order valence-corrected chi connectivity index (χ4v) is 1.57. The molecule has 0 spiro atoms. The molecule has 0 bridgehead atoms. The van der Waals surface area contributed by atoms with Crippen LogP contribution in [0.25, 0.3) is 0 Å². The average Bonchev–Trinajstić information content (AvgIpc) is 2.36. The SMILES string of the molecule is C=CSc1[nH]ncc1C(C)C. The molecule has 0 saturated heterocycles. The molecule has 0 aliphatic rings. The Morgan fingerprint density at radius 2 is 2.45 bits per heavy atom. The van der Waals surface area contributed by atoms with Crippen LogP contribution in [0.15, 0.2) is 23.2 Å². The Morgan fingerprint density at radius 3 is 3.00 bits per heavy atom. The first-order valence-electron chi connectivity index (χ1n) is 3.56. The third-order valence-electron chi connectivity index (χ3n) is 1.46. The van der Waals surface area contributed by atoms with Crippen molar-refractivity contribution in [2.24, 2.45) is 0 Å². The summed E-state index contributed by atoms with van der Waals surface area (Å²) < 4.78 is 0. The number of H-pyrrole nitrogens is 1. The molecule has 0 radical (unpaired) electrons. The van der Waals surface area contributed by atoms with E-state index in [2.05, 4.69) is 30.6 Å². The highest BCUT2D eigenvalue weighted by Crippen LogP contribution is 2.25. The van der Waals surface area contributed by atoms with Gasteiger partial charge in [0.2, 0.25) is 0 Å². The van der Waals surface area contributed by atoms with Gasteiger partial charge in [0.25, 0.3) is 0 Å². The van der Waals surface area contributed by atoms with E-state index in [9.17, 15) is 0 Å². The summed E-state index contributed by atoms with van der Waals surface area (Å²) >= 11 is 1.58. The maximum Gasteiger partial charge on any atom is 0.0984 e. The lowest BCUT2D eigenvalue weighted by Gasteiger charge is -2.01. The number of rotatable bonds is 3. The lowest BCUT2D eigenvalue weighted by molar-refractivity contribution is 0.838. The Hall–Kier alpha value is -0.700. The molecule has 1 heterocycles. The zero-order valence-corrected chi connectivity index (χ0v) is 7.61. The minimum absolute atomic E-state index is 0.524. The Labute approximate surface area is 71.1 Å². The highest BCUT2D eigenvalue weighted by molar-refractivity contribution is 8.02. The van der Waals surface area contributed by atoms with Gasteiger partial charge in [-0.25, -0.2) is 0 Å². The van der Waals surface area contributed by atoms with Crippen molar-refractivity contribution in [3.63, 3.8) is 0 Å². The first-order valence-corrected chi connectivity index (χ1v) is 4.44. The Morgan fingerprint density at radius 1 is 1.73 bits per heavy atom. The predicted molar refractivity (Wildman–Crippen MR) is 48.7 cm³/mol. The molecule has 1 rings (SSSR count). The van der Waals surface area contributed by atoms with Crippen molar-refractivity contribution in [1.29, 1.82) is 0 Å². The van der Waals surface area contributed by atoms with E-state index in [1.807, 2.05) is 6.20 Å². The molecule has 0 atom stereocenters. The molecule has 1 aromatic heterocycles. The van der Waals surface area contributed by atoms with Gasteiger partial charge in [0, 0.05) is 5.56 Å². The van der Waals surface area contributed by atoms with Crippen molar-refractivity contribution in [1.82, 2.24) is 10.2 Å². The van der Waals surface area contributed by atoms with E-state index in [0.717, 1.165) is 5.03 Å². The van der Waals surface area contributed by atoms with Crippen molar-refractivity contribution < 1.29 is 0 Å². The molecule has 1 N–H and O–H groups in total. The van der Waals surface area contributed by atoms with Gasteiger partial charge in [-0.2, -0.15) is 5.10 Å². The van der Waals surface area contributed by atoms with E-state index in [1.54, 1.807) is 17.2 Å². The van der Waals surface area contributed by atoms with Crippen LogP contribution in [0, 0.1) is 0 Å². The van der Waals surface area contributed by atoms with E-state index in [1.165, 1.54) is 5.56 Å². The van der Waals surface area contributed by atoms with Crippen LogP contribution in [0.2, 0.25) is 0 Å². The van der Waals surface area contributed by atoms with Gasteiger partial charge in [0.15, 0.2) is 0 Å². The van der Waals surface area contributed by atoms with Crippen LogP contribution in [0.3, 0.4) is 0 Å². The van der Waals surface area contributed by atoms with Crippen molar-refractivity contribution in [3.05, 3.63) is 23.7 Å². The summed E-state index contributed by atoms with van der Waals surface area (Å²) in [5.74, 6) is 0.524. The standard InChI is InChI=1S/C8H12N2S/c1-4-11-8-7(6(2)3)5-9-10-8/h4-6H,1H2,2-3H3,(H,9,10). The number of nitrogens with zero attached hydrogens (tertiary/aromatic N) is 1. The largest absolute Gasteiger partial charge is 0.271 e. The molecule has 0 saturated carbocycles. The lowest BCUT2D eigenvalue weighted by atomic mass is 10.1. The topological polar surface area (TPSA) is 28.7 Å². The van der Waals surface area contributed by atoms with Crippen LogP contribution >= 0.6 is 11.8 Å². The molecule has 0 unspecified atom stereocenters. The summed E-state index contributed by atoms with van der Waals surface area (Å²) in [6, 6.07) is 0. The van der Waals surface area contributed by atoms with Crippen LogP contribution < -0.4 is 0 Å². The minimum Gasteiger partial charge on any atom is -0.271 e. The molecule has 60 valence electrons. The van der Waals surface area contributed by atoms with E-state index >= 15 is 0 Å². The second-order valence-corrected chi connectivity index (χ2v) is 3.57. The van der Waals surface area contributed by atoms with Crippen LogP contribution in [0.1, 0.15) is 25.3 Å². The molecule has 0 aromatic carbocycles. The Bertz CT molecular complexity index is 240. The van der Waals surface area contributed by atoms with E-state index < -0.39 is 0 Å². The van der Waals surface area contributed by atoms with Crippen molar-refractivity contribution in [2.45, 2.75) is 24.8 Å². The smallest absolute Gasteiger partial charge is 0.0984 e. The number of hydrogen-bond acceptors (Lipinski definition) is 2. The second-order valence-electron chi connectivity index (χ2n) is 2.59. The summed E-state index contributed by atoms with van der Waals surface area (Å²) in [4.78, 5) is 0. The number of aromatic amines is 1. The van der Waals surface area contributed by atoms with Gasteiger partial charge >= 0.3 is 0 Å². The van der Waals surface area contributed by atoms with E-state index in [-0.39, 0.29) is 0 Å². The Balaban J connectivity index is 2.86. The average molecular weight is 168 g/mol. The fraction of sp³-hybridized carbons (Fsp3) is 0.375. The van der Waals surface area contributed by atoms with Gasteiger partial charge in [-0.15, -0.1) is 0 Å². The van der Waals surface area contributed by atoms with Crippen LogP contribution in [-0.2, 0) is 0 Å². The van der Waals surface area contributed by atoms with Gasteiger partial charge < -0.3 is 0 Å². The van der Waals surface area contributed by atoms with Crippen LogP contribution in [0.5, 0.6) is 0 Å². The van der Waals surface area contributed by atoms with Crippen LogP contribution in [0.4, 0.5) is 0 Å². The molecular weight excluding hydrogens is 156 g/mol. The first-order chi connectivity index (χ1) is 5.25. The van der Waals surface area contributed by atoms with Gasteiger partial charge in [-0.05, 0) is 11.3 Å². The number of hydrogen-bond donors (Lipinski definition) is 1. The molecule has 0 amide bonds. The van der Waals surface area contributed by atoms with Gasteiger partial charge in [0.05, 0.1) is 11.2 Å². The monoisotopic (exact) mass is 168 g/mol. The molecular formula is C8H12N2S. The van der Waals surface area contributed by atoms with Crippen molar-refractivity contribution in [3.8, 4) is 0 Å². The van der Waals surface area contributed by atoms with Gasteiger partial charge in [-0.3, -0.25) is 5.10 Å². The highest BCUT2D eigenvalue weighted by atomic mass is 32.2. The molecule has 1 aromatic rings. The first kappa shape index (κ1) is 8.40. The maximum absolute atomic E-state index is 3.97. The molecule has 3 heteroatoms. The zero-order valence-electron chi connectivity index (χ0n) is 6.79. The summed E-state index contributed by atoms with van der Waals surface area (Å²) in [6.07, 6.45) is 1.87. The third kappa shape index (κ3) is 1.87. The summed E-state index contributed by atoms with van der Waals surface area (Å²) in [5.41, 5.74) is 1.26. The molecule has 0 aliphatic heterocycles. The fourth-order valence-electron chi connectivity index (χ4n) is 0.873. The molecule has 2 nitrogen and oxygen atoms in total. The Kier molecular flexibility index (Phi) is 2.76. The molecule has 0 fully saturated rings. The maximum atomic E-state index is 3.97. The number of aromatic nitrogens is 2. The summed E-state index contributed by atoms with van der Waals surface area (Å²) in [5, 5.41) is 9.81. The highest BCUT2D eigenvalue weighted by Gasteiger charge is 2.06. The quantitative estimate of drug-likeness (QED) is 0.703. The van der Waals surface area contributed by atoms with Gasteiger partial charge in [-0.1, -0.05) is 32.2 Å². The number of nitrogens with one attached hydrogen (secondary N) is 1. The minimum atomic E-state index is 0.524. The normalized spacial score (nSPS) is 10.5. The lowest BCUT2D eigenvalue weighted by Crippen LogP contribution is -1.85. The van der Waals surface area contributed by atoms with Crippen LogP contribution in [-0.4, -0.2) is 10.2 Å². The third-order valence-corrected chi connectivity index (χ3v) is 2.18. The van der Waals surface area contributed by atoms with Crippen molar-refractivity contribution in [2.75, 3.05) is 0 Å². The molecule has 11 heavy (non-hydrogen) atoms. The molecule has 0 aliphatic carbocycles. The zero-order chi connectivity index (χ0) is 8.27. The van der Waals surface area contributed by atoms with Crippen molar-refractivity contribution >= 4 is 11.8 Å². The summed E-state index contributed by atoms with van der Waals surface area (Å²) in [6.45, 7) is 7.95. The van der Waals surface area contributed by atoms with E-state index in [4.69, 9.17) is 0 Å². The second kappa shape index (κ2) is 3.62. The number of thioether (sulfide) groups is 1. The predicted octanol–water partition coefficient (Wildman–Crippen LogP) is 2.77.